The Labute approximate surface area is 390 Å². The number of hydrogen-bond acceptors (Lipinski definition) is 4. The van der Waals surface area contributed by atoms with Crippen molar-refractivity contribution >= 4 is 43.6 Å². The monoisotopic (exact) mass is 864 g/mol. The van der Waals surface area contributed by atoms with Crippen LogP contribution in [0.25, 0.3) is 100 Å². The summed E-state index contributed by atoms with van der Waals surface area (Å²) in [6, 6.07) is 66.4. The van der Waals surface area contributed by atoms with Gasteiger partial charge in [-0.25, -0.2) is 4.98 Å². The molecule has 0 aliphatic heterocycles. The maximum Gasteiger partial charge on any atom is 0.238 e. The molecule has 0 radical (unpaired) electrons. The van der Waals surface area contributed by atoms with Crippen LogP contribution in [-0.4, -0.2) is 24.1 Å². The van der Waals surface area contributed by atoms with E-state index in [9.17, 15) is 5.26 Å². The maximum absolute atomic E-state index is 9.54. The van der Waals surface area contributed by atoms with E-state index in [0.29, 0.717) is 23.2 Å². The lowest BCUT2D eigenvalue weighted by Crippen LogP contribution is -2.42. The van der Waals surface area contributed by atoms with Gasteiger partial charge in [0, 0.05) is 38.4 Å². The molecule has 3 heterocycles. The first-order valence-corrected chi connectivity index (χ1v) is 23.1. The van der Waals surface area contributed by atoms with Crippen molar-refractivity contribution in [3.8, 4) is 62.7 Å². The zero-order valence-corrected chi connectivity index (χ0v) is 38.5. The van der Waals surface area contributed by atoms with Crippen LogP contribution in [0.5, 0.6) is 0 Å². The predicted molar refractivity (Wildman–Crippen MR) is 275 cm³/mol. The molecule has 0 amide bonds. The minimum absolute atomic E-state index is 0.0157. The Morgan fingerprint density at radius 3 is 1.64 bits per heavy atom. The van der Waals surface area contributed by atoms with E-state index in [-0.39, 0.29) is 16.2 Å². The Balaban J connectivity index is 1.04. The van der Waals surface area contributed by atoms with E-state index in [1.54, 1.807) is 12.1 Å². The minimum Gasteiger partial charge on any atom is -0.309 e. The van der Waals surface area contributed by atoms with E-state index < -0.39 is 0 Å². The maximum atomic E-state index is 9.54. The lowest BCUT2D eigenvalue weighted by Gasteiger charge is -2.44. The van der Waals surface area contributed by atoms with Gasteiger partial charge in [0.15, 0.2) is 11.6 Å². The number of fused-ring (bicyclic) bond motifs is 8. The summed E-state index contributed by atoms with van der Waals surface area (Å²) in [6.45, 7) is 14.6. The molecule has 1 aliphatic rings. The van der Waals surface area contributed by atoms with E-state index in [4.69, 9.17) is 15.0 Å². The Kier molecular flexibility index (Phi) is 8.85. The molecule has 322 valence electrons. The van der Waals surface area contributed by atoms with E-state index in [1.165, 1.54) is 38.6 Å². The number of aromatic nitrogens is 5. The van der Waals surface area contributed by atoms with Crippen molar-refractivity contribution in [3.63, 3.8) is 0 Å². The van der Waals surface area contributed by atoms with Crippen LogP contribution in [0.15, 0.2) is 182 Å². The fourth-order valence-corrected chi connectivity index (χ4v) is 11.1. The van der Waals surface area contributed by atoms with Crippen molar-refractivity contribution in [1.82, 2.24) is 24.1 Å². The second kappa shape index (κ2) is 14.7. The van der Waals surface area contributed by atoms with Crippen molar-refractivity contribution < 1.29 is 0 Å². The van der Waals surface area contributed by atoms with Gasteiger partial charge in [0.1, 0.15) is 0 Å². The molecule has 67 heavy (non-hydrogen) atoms. The molecular weight excluding hydrogens is 817 g/mol. The fourth-order valence-electron chi connectivity index (χ4n) is 11.1. The van der Waals surface area contributed by atoms with E-state index in [1.807, 2.05) is 42.5 Å². The summed E-state index contributed by atoms with van der Waals surface area (Å²) in [4.78, 5) is 15.3. The van der Waals surface area contributed by atoms with Crippen molar-refractivity contribution in [2.45, 2.75) is 52.4 Å². The second-order valence-electron chi connectivity index (χ2n) is 19.6. The molecule has 0 atom stereocenters. The molecule has 11 aromatic rings. The number of para-hydroxylation sites is 2. The normalized spacial score (nSPS) is 14.8. The second-order valence-corrected chi connectivity index (χ2v) is 19.6. The van der Waals surface area contributed by atoms with Gasteiger partial charge in [-0.1, -0.05) is 157 Å². The van der Waals surface area contributed by atoms with Gasteiger partial charge < -0.3 is 4.57 Å². The molecule has 0 bridgehead atoms. The largest absolute Gasteiger partial charge is 0.309 e. The average molecular weight is 865 g/mol. The van der Waals surface area contributed by atoms with Gasteiger partial charge >= 0.3 is 0 Å². The van der Waals surface area contributed by atoms with Crippen LogP contribution in [-0.2, 0) is 10.8 Å². The SMILES string of the molecule is CC1(C)c2cccc(-c3cccc(-c4cccc(-n5c6ccccc6c6c7c8ccccc8n(-c8nc(-c9ccccc9)nc(-c9ccc(C#N)cc9)n8)c7ccc65)c4)c3)c2C(C)(C)C1(C)C. The quantitative estimate of drug-likeness (QED) is 0.167. The molecule has 0 fully saturated rings. The molecule has 3 aromatic heterocycles. The molecule has 0 saturated carbocycles. The van der Waals surface area contributed by atoms with Crippen molar-refractivity contribution in [3.05, 3.63) is 199 Å². The first kappa shape index (κ1) is 40.4. The van der Waals surface area contributed by atoms with Crippen LogP contribution in [0.1, 0.15) is 58.2 Å². The highest BCUT2D eigenvalue weighted by Crippen LogP contribution is 2.63. The van der Waals surface area contributed by atoms with E-state index in [2.05, 4.69) is 184 Å². The third-order valence-electron chi connectivity index (χ3n) is 15.7. The molecular formula is C61H48N6. The van der Waals surface area contributed by atoms with Crippen LogP contribution in [0.4, 0.5) is 0 Å². The Hall–Kier alpha value is -8.14. The Morgan fingerprint density at radius 2 is 0.970 bits per heavy atom. The van der Waals surface area contributed by atoms with E-state index in [0.717, 1.165) is 55.2 Å². The molecule has 0 unspecified atom stereocenters. The lowest BCUT2D eigenvalue weighted by atomic mass is 9.59. The summed E-state index contributed by atoms with van der Waals surface area (Å²) < 4.78 is 4.59. The summed E-state index contributed by atoms with van der Waals surface area (Å²) in [5, 5.41) is 14.1. The predicted octanol–water partition coefficient (Wildman–Crippen LogP) is 15.2. The number of benzene rings is 8. The van der Waals surface area contributed by atoms with Crippen LogP contribution in [0.2, 0.25) is 0 Å². The van der Waals surface area contributed by atoms with Gasteiger partial charge in [-0.2, -0.15) is 15.2 Å². The average Bonchev–Trinajstić information content (AvgIpc) is 3.92. The summed E-state index contributed by atoms with van der Waals surface area (Å²) in [5.41, 5.74) is 15.6. The molecule has 6 heteroatoms. The number of nitriles is 1. The van der Waals surface area contributed by atoms with Gasteiger partial charge in [0.2, 0.25) is 5.95 Å². The smallest absolute Gasteiger partial charge is 0.238 e. The molecule has 6 nitrogen and oxygen atoms in total. The molecule has 0 saturated heterocycles. The van der Waals surface area contributed by atoms with Crippen LogP contribution in [0.3, 0.4) is 0 Å². The summed E-state index contributed by atoms with van der Waals surface area (Å²) in [6.07, 6.45) is 0. The molecule has 12 rings (SSSR count). The summed E-state index contributed by atoms with van der Waals surface area (Å²) >= 11 is 0. The summed E-state index contributed by atoms with van der Waals surface area (Å²) in [5.74, 6) is 1.63. The third kappa shape index (κ3) is 5.90. The molecule has 0 N–H and O–H groups in total. The van der Waals surface area contributed by atoms with Crippen molar-refractivity contribution in [2.75, 3.05) is 0 Å². The zero-order valence-electron chi connectivity index (χ0n) is 38.5. The van der Waals surface area contributed by atoms with E-state index >= 15 is 0 Å². The first-order valence-electron chi connectivity index (χ1n) is 23.1. The minimum atomic E-state index is -0.0157. The highest BCUT2D eigenvalue weighted by Gasteiger charge is 2.57. The van der Waals surface area contributed by atoms with Crippen LogP contribution >= 0.6 is 0 Å². The van der Waals surface area contributed by atoms with Gasteiger partial charge in [-0.15, -0.1) is 0 Å². The number of rotatable bonds is 6. The molecule has 1 aliphatic carbocycles. The van der Waals surface area contributed by atoms with Gasteiger partial charge in [-0.3, -0.25) is 4.57 Å². The topological polar surface area (TPSA) is 72.3 Å². The highest BCUT2D eigenvalue weighted by atomic mass is 15.2. The van der Waals surface area contributed by atoms with Crippen molar-refractivity contribution in [1.29, 1.82) is 5.26 Å². The summed E-state index contributed by atoms with van der Waals surface area (Å²) in [7, 11) is 0. The Morgan fingerprint density at radius 1 is 0.433 bits per heavy atom. The number of nitrogens with zero attached hydrogens (tertiary/aromatic N) is 6. The molecule has 0 spiro atoms. The number of hydrogen-bond donors (Lipinski definition) is 0. The molecule has 8 aromatic carbocycles. The van der Waals surface area contributed by atoms with Gasteiger partial charge in [0.05, 0.1) is 33.7 Å². The zero-order chi connectivity index (χ0) is 45.8. The lowest BCUT2D eigenvalue weighted by molar-refractivity contribution is 0.125. The highest BCUT2D eigenvalue weighted by molar-refractivity contribution is 6.28. The van der Waals surface area contributed by atoms with Crippen molar-refractivity contribution in [2.24, 2.45) is 5.41 Å². The Bertz CT molecular complexity index is 3840. The van der Waals surface area contributed by atoms with Crippen LogP contribution in [0, 0.1) is 16.7 Å². The van der Waals surface area contributed by atoms with Gasteiger partial charge in [-0.05, 0) is 116 Å². The third-order valence-corrected chi connectivity index (χ3v) is 15.7. The van der Waals surface area contributed by atoms with Crippen LogP contribution < -0.4 is 0 Å². The van der Waals surface area contributed by atoms with Gasteiger partial charge in [0.25, 0.3) is 0 Å². The fraction of sp³-hybridized carbons (Fsp3) is 0.148. The first-order chi connectivity index (χ1) is 32.5. The standard InChI is InChI=1S/C61H48N6/c1-59(2)48-26-16-25-45(55(48)60(3,4)61(59,5)6)43-21-14-19-41(35-43)42-20-15-22-44(36-42)66-49-27-12-10-23-46(49)53-51(66)33-34-52-54(53)47-24-11-13-28-50(47)67(52)58-64-56(39-17-8-7-9-18-39)63-57(65-58)40-31-29-38(37-62)30-32-40/h7-36H,1-6H3.